The van der Waals surface area contributed by atoms with Gasteiger partial charge in [-0.25, -0.2) is 13.2 Å². The van der Waals surface area contributed by atoms with Crippen LogP contribution in [0.1, 0.15) is 27.2 Å². The van der Waals surface area contributed by atoms with E-state index in [-0.39, 0.29) is 29.9 Å². The maximum Gasteiger partial charge on any atom is 0.407 e. The van der Waals surface area contributed by atoms with Crippen molar-refractivity contribution in [2.75, 3.05) is 18.1 Å². The van der Waals surface area contributed by atoms with Crippen molar-refractivity contribution in [2.24, 2.45) is 11.8 Å². The zero-order chi connectivity index (χ0) is 14.7. The highest BCUT2D eigenvalue weighted by molar-refractivity contribution is 7.91. The molecule has 0 spiro atoms. The molecule has 0 aliphatic carbocycles. The summed E-state index contributed by atoms with van der Waals surface area (Å²) in [6, 6.07) is 2.11. The number of hydrogen-bond donors (Lipinski definition) is 1. The molecule has 19 heavy (non-hydrogen) atoms. The fourth-order valence-electron chi connectivity index (χ4n) is 1.97. The minimum Gasteiger partial charge on any atom is -0.444 e. The molecule has 0 aromatic carbocycles. The molecule has 1 saturated heterocycles. The SMILES string of the molecule is CC(C)(C)OC(=O)NC[C@@H]1CS(=O)(=O)CC[C@@H]1C#N. The van der Waals surface area contributed by atoms with E-state index in [2.05, 4.69) is 11.4 Å². The van der Waals surface area contributed by atoms with Gasteiger partial charge in [0.25, 0.3) is 0 Å². The van der Waals surface area contributed by atoms with Crippen LogP contribution in [0.15, 0.2) is 0 Å². The summed E-state index contributed by atoms with van der Waals surface area (Å²) in [7, 11) is -3.10. The van der Waals surface area contributed by atoms with Crippen LogP contribution in [0.25, 0.3) is 0 Å². The van der Waals surface area contributed by atoms with Crippen LogP contribution in [-0.2, 0) is 14.6 Å². The van der Waals surface area contributed by atoms with Crippen molar-refractivity contribution < 1.29 is 17.9 Å². The van der Waals surface area contributed by atoms with Gasteiger partial charge >= 0.3 is 6.09 Å². The number of nitrogens with zero attached hydrogens (tertiary/aromatic N) is 1. The van der Waals surface area contributed by atoms with E-state index in [9.17, 15) is 13.2 Å². The van der Waals surface area contributed by atoms with Crippen LogP contribution in [0.3, 0.4) is 0 Å². The summed E-state index contributed by atoms with van der Waals surface area (Å²) < 4.78 is 28.2. The van der Waals surface area contributed by atoms with E-state index in [4.69, 9.17) is 10.00 Å². The molecule has 0 bridgehead atoms. The van der Waals surface area contributed by atoms with E-state index in [1.54, 1.807) is 20.8 Å². The maximum absolute atomic E-state index is 11.5. The van der Waals surface area contributed by atoms with Gasteiger partial charge in [0.15, 0.2) is 9.84 Å². The van der Waals surface area contributed by atoms with Crippen LogP contribution in [0, 0.1) is 23.2 Å². The molecule has 7 heteroatoms. The summed E-state index contributed by atoms with van der Waals surface area (Å²) in [4.78, 5) is 11.5. The third kappa shape index (κ3) is 5.47. The van der Waals surface area contributed by atoms with E-state index >= 15 is 0 Å². The van der Waals surface area contributed by atoms with Crippen molar-refractivity contribution in [3.05, 3.63) is 0 Å². The van der Waals surface area contributed by atoms with Gasteiger partial charge < -0.3 is 10.1 Å². The summed E-state index contributed by atoms with van der Waals surface area (Å²) in [5.74, 6) is -0.704. The third-order valence-corrected chi connectivity index (χ3v) is 4.64. The molecule has 1 heterocycles. The summed E-state index contributed by atoms with van der Waals surface area (Å²) in [5.41, 5.74) is -0.600. The van der Waals surface area contributed by atoms with Crippen LogP contribution in [-0.4, -0.2) is 38.2 Å². The first-order chi connectivity index (χ1) is 8.63. The zero-order valence-corrected chi connectivity index (χ0v) is 12.3. The molecule has 1 aliphatic heterocycles. The number of nitrogens with one attached hydrogen (secondary N) is 1. The number of carbonyl (C=O) groups excluding carboxylic acids is 1. The summed E-state index contributed by atoms with van der Waals surface area (Å²) >= 11 is 0. The van der Waals surface area contributed by atoms with Gasteiger partial charge in [0.2, 0.25) is 0 Å². The van der Waals surface area contributed by atoms with Crippen molar-refractivity contribution in [3.63, 3.8) is 0 Å². The highest BCUT2D eigenvalue weighted by atomic mass is 32.2. The monoisotopic (exact) mass is 288 g/mol. The van der Waals surface area contributed by atoms with Crippen molar-refractivity contribution in [2.45, 2.75) is 32.8 Å². The molecular weight excluding hydrogens is 268 g/mol. The number of carbonyl (C=O) groups is 1. The fraction of sp³-hybridized carbons (Fsp3) is 0.833. The number of nitriles is 1. The van der Waals surface area contributed by atoms with Crippen molar-refractivity contribution >= 4 is 15.9 Å². The van der Waals surface area contributed by atoms with Crippen LogP contribution in [0.4, 0.5) is 4.79 Å². The minimum absolute atomic E-state index is 0.0498. The highest BCUT2D eigenvalue weighted by Crippen LogP contribution is 2.24. The largest absolute Gasteiger partial charge is 0.444 e. The second kappa shape index (κ2) is 5.78. The molecule has 0 unspecified atom stereocenters. The number of hydrogen-bond acceptors (Lipinski definition) is 5. The average molecular weight is 288 g/mol. The van der Waals surface area contributed by atoms with E-state index in [1.807, 2.05) is 0 Å². The van der Waals surface area contributed by atoms with Gasteiger partial charge in [0, 0.05) is 12.5 Å². The normalized spacial score (nSPS) is 26.2. The smallest absolute Gasteiger partial charge is 0.407 e. The predicted octanol–water partition coefficient (Wildman–Crippen LogP) is 1.09. The number of rotatable bonds is 2. The van der Waals surface area contributed by atoms with E-state index in [0.29, 0.717) is 6.42 Å². The third-order valence-electron chi connectivity index (χ3n) is 2.85. The molecule has 1 N–H and O–H groups in total. The van der Waals surface area contributed by atoms with Gasteiger partial charge in [-0.1, -0.05) is 0 Å². The van der Waals surface area contributed by atoms with Crippen molar-refractivity contribution in [1.29, 1.82) is 5.26 Å². The Balaban J connectivity index is 2.55. The Morgan fingerprint density at radius 1 is 1.47 bits per heavy atom. The van der Waals surface area contributed by atoms with E-state index in [1.165, 1.54) is 0 Å². The lowest BCUT2D eigenvalue weighted by Gasteiger charge is -2.27. The molecule has 1 amide bonds. The molecule has 2 atom stereocenters. The van der Waals surface area contributed by atoms with Crippen LogP contribution in [0.2, 0.25) is 0 Å². The molecule has 108 valence electrons. The van der Waals surface area contributed by atoms with E-state index in [0.717, 1.165) is 0 Å². The zero-order valence-electron chi connectivity index (χ0n) is 11.5. The molecule has 6 nitrogen and oxygen atoms in total. The molecule has 0 saturated carbocycles. The Morgan fingerprint density at radius 2 is 2.11 bits per heavy atom. The van der Waals surface area contributed by atoms with Gasteiger partial charge in [-0.05, 0) is 27.2 Å². The van der Waals surface area contributed by atoms with Gasteiger partial charge in [0.1, 0.15) is 5.60 Å². The number of ether oxygens (including phenoxy) is 1. The number of amides is 1. The van der Waals surface area contributed by atoms with Gasteiger partial charge in [-0.15, -0.1) is 0 Å². The molecule has 0 aromatic rings. The molecule has 1 rings (SSSR count). The van der Waals surface area contributed by atoms with E-state index < -0.39 is 21.5 Å². The Bertz CT molecular complexity index is 473. The van der Waals surface area contributed by atoms with Crippen molar-refractivity contribution in [3.8, 4) is 6.07 Å². The fourth-order valence-corrected chi connectivity index (χ4v) is 3.75. The molecule has 0 aromatic heterocycles. The highest BCUT2D eigenvalue weighted by Gasteiger charge is 2.33. The summed E-state index contributed by atoms with van der Waals surface area (Å²) in [5, 5.41) is 11.5. The predicted molar refractivity (Wildman–Crippen MR) is 70.1 cm³/mol. The Labute approximate surface area is 114 Å². The lowest BCUT2D eigenvalue weighted by Crippen LogP contribution is -2.41. The summed E-state index contributed by atoms with van der Waals surface area (Å²) in [6.45, 7) is 5.38. The van der Waals surface area contributed by atoms with Crippen molar-refractivity contribution in [1.82, 2.24) is 5.32 Å². The van der Waals surface area contributed by atoms with Gasteiger partial charge in [-0.3, -0.25) is 0 Å². The molecule has 0 radical (unpaired) electrons. The Hall–Kier alpha value is -1.29. The molecular formula is C12H20N2O4S. The second-order valence-corrected chi connectivity index (χ2v) is 8.01. The quantitative estimate of drug-likeness (QED) is 0.820. The van der Waals surface area contributed by atoms with Crippen LogP contribution < -0.4 is 5.32 Å². The summed E-state index contributed by atoms with van der Waals surface area (Å²) in [6.07, 6.45) is -0.258. The second-order valence-electron chi connectivity index (χ2n) is 5.78. The van der Waals surface area contributed by atoms with Gasteiger partial charge in [0.05, 0.1) is 23.5 Å². The maximum atomic E-state index is 11.5. The number of sulfone groups is 1. The minimum atomic E-state index is -3.10. The first kappa shape index (κ1) is 15.8. The molecule has 1 fully saturated rings. The average Bonchev–Trinajstić information content (AvgIpc) is 2.23. The Kier molecular flexibility index (Phi) is 4.80. The lowest BCUT2D eigenvalue weighted by molar-refractivity contribution is 0.0517. The Morgan fingerprint density at radius 3 is 2.63 bits per heavy atom. The lowest BCUT2D eigenvalue weighted by atomic mass is 9.92. The van der Waals surface area contributed by atoms with Gasteiger partial charge in [-0.2, -0.15) is 5.26 Å². The first-order valence-electron chi connectivity index (χ1n) is 6.20. The topological polar surface area (TPSA) is 96.3 Å². The molecule has 1 aliphatic rings. The van der Waals surface area contributed by atoms with Crippen LogP contribution in [0.5, 0.6) is 0 Å². The number of alkyl carbamates (subject to hydrolysis) is 1. The van der Waals surface area contributed by atoms with Crippen LogP contribution >= 0.6 is 0 Å². The standard InChI is InChI=1S/C12H20N2O4S/c1-12(2,3)18-11(15)14-7-10-8-19(16,17)5-4-9(10)6-13/h9-10H,4-5,7-8H2,1-3H3,(H,14,15)/t9-,10-/m1/s1. The first-order valence-corrected chi connectivity index (χ1v) is 8.02.